The Bertz CT molecular complexity index is 1270. The van der Waals surface area contributed by atoms with Crippen molar-refractivity contribution < 1.29 is 18.7 Å². The Morgan fingerprint density at radius 3 is 2.68 bits per heavy atom. The average Bonchev–Trinajstić information content (AvgIpc) is 3.52. The molecule has 2 aromatic carbocycles. The first-order valence-corrected chi connectivity index (χ1v) is 11.7. The second-order valence-corrected chi connectivity index (χ2v) is 8.55. The standard InChI is InChI=1S/C27H29N3O4/c1-3-33-23-6-4-5-21-17-24(34-25(21)23)27(31)29-14-11-20(12-15-29)26-28-13-16-30(26)18-19-7-9-22(32-2)10-8-19/h4-10,13,16-17,20H,3,11-12,14-15,18H2,1-2H3. The SMILES string of the molecule is CCOc1cccc2cc(C(=O)N3CCC(c4nccn4Cc4ccc(OC)cc4)CC3)oc12. The summed E-state index contributed by atoms with van der Waals surface area (Å²) in [7, 11) is 1.67. The van der Waals surface area contributed by atoms with Gasteiger partial charge >= 0.3 is 0 Å². The van der Waals surface area contributed by atoms with E-state index < -0.39 is 0 Å². The zero-order chi connectivity index (χ0) is 23.5. The van der Waals surface area contributed by atoms with Crippen molar-refractivity contribution in [3.8, 4) is 11.5 Å². The monoisotopic (exact) mass is 459 g/mol. The highest BCUT2D eigenvalue weighted by Crippen LogP contribution is 2.32. The Morgan fingerprint density at radius 2 is 1.94 bits per heavy atom. The number of furan rings is 1. The predicted octanol–water partition coefficient (Wildman–Crippen LogP) is 5.10. The average molecular weight is 460 g/mol. The highest BCUT2D eigenvalue weighted by molar-refractivity contribution is 5.97. The number of para-hydroxylation sites is 1. The van der Waals surface area contributed by atoms with Gasteiger partial charge in [-0.2, -0.15) is 0 Å². The first kappa shape index (κ1) is 22.1. The van der Waals surface area contributed by atoms with Gasteiger partial charge in [0.25, 0.3) is 5.91 Å². The van der Waals surface area contributed by atoms with Gasteiger partial charge in [-0.3, -0.25) is 4.79 Å². The molecule has 34 heavy (non-hydrogen) atoms. The Morgan fingerprint density at radius 1 is 1.15 bits per heavy atom. The van der Waals surface area contributed by atoms with Crippen LogP contribution in [0.25, 0.3) is 11.0 Å². The van der Waals surface area contributed by atoms with Crippen molar-refractivity contribution >= 4 is 16.9 Å². The fraction of sp³-hybridized carbons (Fsp3) is 0.333. The molecule has 0 saturated carbocycles. The van der Waals surface area contributed by atoms with Crippen molar-refractivity contribution in [3.05, 3.63) is 78.1 Å². The molecule has 0 spiro atoms. The first-order chi connectivity index (χ1) is 16.7. The van der Waals surface area contributed by atoms with Crippen molar-refractivity contribution in [2.75, 3.05) is 26.8 Å². The van der Waals surface area contributed by atoms with E-state index in [9.17, 15) is 4.79 Å². The number of hydrogen-bond acceptors (Lipinski definition) is 5. The van der Waals surface area contributed by atoms with Gasteiger partial charge in [0.2, 0.25) is 0 Å². The zero-order valence-electron chi connectivity index (χ0n) is 19.6. The van der Waals surface area contributed by atoms with Gasteiger partial charge in [-0.25, -0.2) is 4.98 Å². The fourth-order valence-corrected chi connectivity index (χ4v) is 4.65. The number of amides is 1. The molecular weight excluding hydrogens is 430 g/mol. The Labute approximate surface area is 198 Å². The van der Waals surface area contributed by atoms with Gasteiger partial charge in [0.1, 0.15) is 11.6 Å². The van der Waals surface area contributed by atoms with E-state index in [0.29, 0.717) is 42.7 Å². The molecule has 3 heterocycles. The Kier molecular flexibility index (Phi) is 6.25. The molecule has 0 unspecified atom stereocenters. The highest BCUT2D eigenvalue weighted by Gasteiger charge is 2.28. The fourth-order valence-electron chi connectivity index (χ4n) is 4.65. The van der Waals surface area contributed by atoms with E-state index >= 15 is 0 Å². The van der Waals surface area contributed by atoms with Crippen LogP contribution in [-0.2, 0) is 6.54 Å². The molecule has 1 aliphatic rings. The van der Waals surface area contributed by atoms with E-state index in [1.165, 1.54) is 5.56 Å². The second-order valence-electron chi connectivity index (χ2n) is 8.55. The van der Waals surface area contributed by atoms with Crippen LogP contribution in [0, 0.1) is 0 Å². The summed E-state index contributed by atoms with van der Waals surface area (Å²) < 4.78 is 19.0. The summed E-state index contributed by atoms with van der Waals surface area (Å²) in [5.74, 6) is 3.21. The normalized spacial score (nSPS) is 14.5. The lowest BCUT2D eigenvalue weighted by Crippen LogP contribution is -2.38. The van der Waals surface area contributed by atoms with E-state index in [1.54, 1.807) is 7.11 Å². The van der Waals surface area contributed by atoms with Crippen LogP contribution in [0.15, 0.2) is 65.3 Å². The van der Waals surface area contributed by atoms with Gasteiger partial charge in [-0.15, -0.1) is 0 Å². The Balaban J connectivity index is 1.25. The molecular formula is C27H29N3O4. The molecule has 0 radical (unpaired) electrons. The van der Waals surface area contributed by atoms with Gasteiger partial charge < -0.3 is 23.4 Å². The summed E-state index contributed by atoms with van der Waals surface area (Å²) in [5.41, 5.74) is 1.83. The molecule has 1 amide bonds. The predicted molar refractivity (Wildman–Crippen MR) is 130 cm³/mol. The van der Waals surface area contributed by atoms with E-state index in [-0.39, 0.29) is 5.91 Å². The smallest absolute Gasteiger partial charge is 0.289 e. The minimum absolute atomic E-state index is 0.0707. The van der Waals surface area contributed by atoms with Crippen molar-refractivity contribution in [3.63, 3.8) is 0 Å². The van der Waals surface area contributed by atoms with Crippen LogP contribution in [0.4, 0.5) is 0 Å². The van der Waals surface area contributed by atoms with Crippen LogP contribution in [0.5, 0.6) is 11.5 Å². The number of methoxy groups -OCH3 is 1. The highest BCUT2D eigenvalue weighted by atomic mass is 16.5. The number of rotatable bonds is 7. The van der Waals surface area contributed by atoms with Gasteiger partial charge in [0.05, 0.1) is 13.7 Å². The minimum Gasteiger partial charge on any atom is -0.497 e. The largest absolute Gasteiger partial charge is 0.497 e. The molecule has 176 valence electrons. The molecule has 0 aliphatic carbocycles. The summed E-state index contributed by atoms with van der Waals surface area (Å²) in [6.45, 7) is 4.59. The molecule has 0 bridgehead atoms. The molecule has 0 N–H and O–H groups in total. The number of benzene rings is 2. The number of fused-ring (bicyclic) bond motifs is 1. The van der Waals surface area contributed by atoms with Crippen LogP contribution in [0.2, 0.25) is 0 Å². The molecule has 4 aromatic rings. The lowest BCUT2D eigenvalue weighted by Gasteiger charge is -2.31. The summed E-state index contributed by atoms with van der Waals surface area (Å²) >= 11 is 0. The number of aromatic nitrogens is 2. The quantitative estimate of drug-likeness (QED) is 0.384. The summed E-state index contributed by atoms with van der Waals surface area (Å²) in [5, 5.41) is 0.879. The van der Waals surface area contributed by atoms with Gasteiger partial charge in [0, 0.05) is 43.3 Å². The molecule has 5 rings (SSSR count). The number of carbonyl (C=O) groups is 1. The van der Waals surface area contributed by atoms with E-state index in [4.69, 9.17) is 13.9 Å². The van der Waals surface area contributed by atoms with E-state index in [0.717, 1.165) is 36.3 Å². The zero-order valence-corrected chi connectivity index (χ0v) is 19.6. The lowest BCUT2D eigenvalue weighted by molar-refractivity contribution is 0.0680. The van der Waals surface area contributed by atoms with Crippen molar-refractivity contribution in [1.29, 1.82) is 0 Å². The van der Waals surface area contributed by atoms with Crippen LogP contribution in [0.1, 0.15) is 47.6 Å². The third-order valence-corrected chi connectivity index (χ3v) is 6.43. The maximum Gasteiger partial charge on any atom is 0.289 e. The number of carbonyl (C=O) groups excluding carboxylic acids is 1. The third-order valence-electron chi connectivity index (χ3n) is 6.43. The van der Waals surface area contributed by atoms with Gasteiger partial charge in [-0.1, -0.05) is 24.3 Å². The van der Waals surface area contributed by atoms with E-state index in [2.05, 4.69) is 21.7 Å². The molecule has 1 fully saturated rings. The van der Waals surface area contributed by atoms with Crippen LogP contribution in [-0.4, -0.2) is 47.2 Å². The maximum atomic E-state index is 13.2. The number of ether oxygens (including phenoxy) is 2. The summed E-state index contributed by atoms with van der Waals surface area (Å²) in [6, 6.07) is 15.6. The molecule has 0 atom stereocenters. The van der Waals surface area contributed by atoms with Crippen molar-refractivity contribution in [2.24, 2.45) is 0 Å². The first-order valence-electron chi connectivity index (χ1n) is 11.7. The second kappa shape index (κ2) is 9.63. The third kappa shape index (κ3) is 4.38. The number of likely N-dealkylation sites (tertiary alicyclic amines) is 1. The van der Waals surface area contributed by atoms with Crippen LogP contribution in [0.3, 0.4) is 0 Å². The topological polar surface area (TPSA) is 69.7 Å². The molecule has 1 aliphatic heterocycles. The molecule has 7 nitrogen and oxygen atoms in total. The molecule has 7 heteroatoms. The molecule has 1 saturated heterocycles. The van der Waals surface area contributed by atoms with Gasteiger partial charge in [0.15, 0.2) is 17.1 Å². The number of hydrogen-bond donors (Lipinski definition) is 0. The van der Waals surface area contributed by atoms with Crippen molar-refractivity contribution in [2.45, 2.75) is 32.2 Å². The lowest BCUT2D eigenvalue weighted by atomic mass is 9.95. The number of piperidine rings is 1. The van der Waals surface area contributed by atoms with Gasteiger partial charge in [-0.05, 0) is 49.6 Å². The number of nitrogens with zero attached hydrogens (tertiary/aromatic N) is 3. The van der Waals surface area contributed by atoms with Crippen LogP contribution >= 0.6 is 0 Å². The van der Waals surface area contributed by atoms with E-state index in [1.807, 2.05) is 60.6 Å². The Hall–Kier alpha value is -3.74. The van der Waals surface area contributed by atoms with Crippen molar-refractivity contribution in [1.82, 2.24) is 14.5 Å². The summed E-state index contributed by atoms with van der Waals surface area (Å²) in [4.78, 5) is 19.7. The summed E-state index contributed by atoms with van der Waals surface area (Å²) in [6.07, 6.45) is 5.63. The van der Waals surface area contributed by atoms with Crippen LogP contribution < -0.4 is 9.47 Å². The maximum absolute atomic E-state index is 13.2. The molecule has 2 aromatic heterocycles. The minimum atomic E-state index is -0.0707. The number of imidazole rings is 1.